The quantitative estimate of drug-likeness (QED) is 0.312. The SMILES string of the molecule is CN=C(NCc1ccccc1-n1cccn1)Nc1ccc(OC)c(OC)c1.I. The van der Waals surface area contributed by atoms with Gasteiger partial charge in [0.05, 0.1) is 19.9 Å². The zero-order valence-electron chi connectivity index (χ0n) is 16.0. The summed E-state index contributed by atoms with van der Waals surface area (Å²) in [6, 6.07) is 15.6. The Morgan fingerprint density at radius 2 is 1.86 bits per heavy atom. The maximum absolute atomic E-state index is 5.34. The molecule has 0 aliphatic carbocycles. The number of nitrogens with zero attached hydrogens (tertiary/aromatic N) is 3. The van der Waals surface area contributed by atoms with Crippen LogP contribution in [0.2, 0.25) is 0 Å². The van der Waals surface area contributed by atoms with Crippen LogP contribution in [0.15, 0.2) is 65.9 Å². The van der Waals surface area contributed by atoms with E-state index in [2.05, 4.69) is 26.8 Å². The Bertz CT molecular complexity index is 913. The van der Waals surface area contributed by atoms with Gasteiger partial charge in [0.1, 0.15) is 0 Å². The summed E-state index contributed by atoms with van der Waals surface area (Å²) in [5, 5.41) is 10.9. The van der Waals surface area contributed by atoms with Crippen LogP contribution in [0.1, 0.15) is 5.56 Å². The molecule has 0 atom stereocenters. The van der Waals surface area contributed by atoms with Gasteiger partial charge in [0.15, 0.2) is 17.5 Å². The Morgan fingerprint density at radius 1 is 1.07 bits per heavy atom. The molecule has 0 spiro atoms. The molecular weight excluding hydrogens is 469 g/mol. The van der Waals surface area contributed by atoms with Crippen molar-refractivity contribution in [2.45, 2.75) is 6.54 Å². The van der Waals surface area contributed by atoms with Crippen LogP contribution in [-0.4, -0.2) is 37.0 Å². The molecule has 3 aromatic rings. The number of rotatable bonds is 6. The number of aromatic nitrogens is 2. The number of hydrogen-bond donors (Lipinski definition) is 2. The van der Waals surface area contributed by atoms with E-state index in [1.165, 1.54) is 0 Å². The first-order valence-electron chi connectivity index (χ1n) is 8.52. The molecule has 148 valence electrons. The van der Waals surface area contributed by atoms with Gasteiger partial charge in [-0.25, -0.2) is 4.68 Å². The van der Waals surface area contributed by atoms with Gasteiger partial charge in [-0.2, -0.15) is 5.10 Å². The van der Waals surface area contributed by atoms with E-state index in [1.54, 1.807) is 27.5 Å². The molecule has 8 heteroatoms. The lowest BCUT2D eigenvalue weighted by atomic mass is 10.2. The number of methoxy groups -OCH3 is 2. The molecule has 1 heterocycles. The lowest BCUT2D eigenvalue weighted by Gasteiger charge is -2.15. The zero-order valence-corrected chi connectivity index (χ0v) is 18.4. The lowest BCUT2D eigenvalue weighted by Crippen LogP contribution is -2.30. The number of aliphatic imine (C=N–C) groups is 1. The van der Waals surface area contributed by atoms with Gasteiger partial charge in [-0.1, -0.05) is 18.2 Å². The highest BCUT2D eigenvalue weighted by molar-refractivity contribution is 14.0. The summed E-state index contributed by atoms with van der Waals surface area (Å²) in [6.07, 6.45) is 3.69. The first-order valence-corrected chi connectivity index (χ1v) is 8.52. The van der Waals surface area contributed by atoms with Crippen LogP contribution in [-0.2, 0) is 6.54 Å². The first-order chi connectivity index (χ1) is 13.2. The second-order valence-electron chi connectivity index (χ2n) is 5.70. The second-order valence-corrected chi connectivity index (χ2v) is 5.70. The van der Waals surface area contributed by atoms with E-state index in [0.717, 1.165) is 16.9 Å². The van der Waals surface area contributed by atoms with Crippen molar-refractivity contribution < 1.29 is 9.47 Å². The fourth-order valence-corrected chi connectivity index (χ4v) is 2.70. The molecule has 0 fully saturated rings. The molecule has 3 rings (SSSR count). The van der Waals surface area contributed by atoms with Gasteiger partial charge in [0, 0.05) is 37.7 Å². The maximum Gasteiger partial charge on any atom is 0.195 e. The predicted octanol–water partition coefficient (Wildman–Crippen LogP) is 3.70. The van der Waals surface area contributed by atoms with E-state index in [1.807, 2.05) is 53.3 Å². The van der Waals surface area contributed by atoms with Crippen molar-refractivity contribution in [2.75, 3.05) is 26.6 Å². The van der Waals surface area contributed by atoms with Crippen molar-refractivity contribution in [2.24, 2.45) is 4.99 Å². The number of halogens is 1. The minimum atomic E-state index is 0. The third-order valence-electron chi connectivity index (χ3n) is 4.06. The van der Waals surface area contributed by atoms with E-state index in [-0.39, 0.29) is 24.0 Å². The maximum atomic E-state index is 5.34. The van der Waals surface area contributed by atoms with Crippen LogP contribution < -0.4 is 20.1 Å². The number of benzene rings is 2. The number of nitrogens with one attached hydrogen (secondary N) is 2. The fraction of sp³-hybridized carbons (Fsp3) is 0.200. The van der Waals surface area contributed by atoms with E-state index >= 15 is 0 Å². The third kappa shape index (κ3) is 5.16. The predicted molar refractivity (Wildman–Crippen MR) is 122 cm³/mol. The molecule has 0 bridgehead atoms. The Hall–Kier alpha value is -2.75. The molecule has 0 aliphatic rings. The number of guanidine groups is 1. The molecule has 0 radical (unpaired) electrons. The van der Waals surface area contributed by atoms with Crippen molar-refractivity contribution in [1.29, 1.82) is 0 Å². The normalized spacial score (nSPS) is 10.8. The van der Waals surface area contributed by atoms with Crippen LogP contribution in [0.25, 0.3) is 5.69 Å². The minimum Gasteiger partial charge on any atom is -0.493 e. The standard InChI is InChI=1S/C20H23N5O2.HI/c1-21-20(24-16-9-10-18(26-2)19(13-16)27-3)22-14-15-7-4-5-8-17(15)25-12-6-11-23-25;/h4-13H,14H2,1-3H3,(H2,21,22,24);1H. The number of para-hydroxylation sites is 1. The van der Waals surface area contributed by atoms with Crippen LogP contribution in [0.4, 0.5) is 5.69 Å². The summed E-state index contributed by atoms with van der Waals surface area (Å²) in [5.41, 5.74) is 2.98. The molecule has 2 aromatic carbocycles. The highest BCUT2D eigenvalue weighted by atomic mass is 127. The van der Waals surface area contributed by atoms with E-state index in [4.69, 9.17) is 9.47 Å². The number of hydrogen-bond acceptors (Lipinski definition) is 4. The van der Waals surface area contributed by atoms with Crippen LogP contribution >= 0.6 is 24.0 Å². The van der Waals surface area contributed by atoms with Crippen LogP contribution in [0, 0.1) is 0 Å². The van der Waals surface area contributed by atoms with Gasteiger partial charge >= 0.3 is 0 Å². The summed E-state index contributed by atoms with van der Waals surface area (Å²) < 4.78 is 12.5. The molecule has 1 aromatic heterocycles. The smallest absolute Gasteiger partial charge is 0.195 e. The first kappa shape index (κ1) is 21.5. The van der Waals surface area contributed by atoms with Crippen molar-refractivity contribution in [3.8, 4) is 17.2 Å². The van der Waals surface area contributed by atoms with Crippen molar-refractivity contribution >= 4 is 35.6 Å². The number of anilines is 1. The highest BCUT2D eigenvalue weighted by Gasteiger charge is 2.08. The third-order valence-corrected chi connectivity index (χ3v) is 4.06. The highest BCUT2D eigenvalue weighted by Crippen LogP contribution is 2.29. The van der Waals surface area contributed by atoms with Gasteiger partial charge < -0.3 is 20.1 Å². The van der Waals surface area contributed by atoms with Crippen molar-refractivity contribution in [3.63, 3.8) is 0 Å². The van der Waals surface area contributed by atoms with E-state index in [0.29, 0.717) is 24.0 Å². The van der Waals surface area contributed by atoms with E-state index < -0.39 is 0 Å². The summed E-state index contributed by atoms with van der Waals surface area (Å²) in [7, 11) is 4.96. The van der Waals surface area contributed by atoms with Gasteiger partial charge in [-0.15, -0.1) is 24.0 Å². The largest absolute Gasteiger partial charge is 0.493 e. The van der Waals surface area contributed by atoms with Gasteiger partial charge in [0.25, 0.3) is 0 Å². The van der Waals surface area contributed by atoms with Crippen LogP contribution in [0.3, 0.4) is 0 Å². The Labute approximate surface area is 181 Å². The monoisotopic (exact) mass is 493 g/mol. The molecule has 28 heavy (non-hydrogen) atoms. The molecule has 0 saturated carbocycles. The minimum absolute atomic E-state index is 0. The Balaban J connectivity index is 0.00000280. The molecule has 2 N–H and O–H groups in total. The lowest BCUT2D eigenvalue weighted by molar-refractivity contribution is 0.355. The zero-order chi connectivity index (χ0) is 19.1. The summed E-state index contributed by atoms with van der Waals surface area (Å²) in [6.45, 7) is 0.600. The second kappa shape index (κ2) is 10.5. The molecule has 0 amide bonds. The van der Waals surface area contributed by atoms with Gasteiger partial charge in [-0.05, 0) is 29.8 Å². The molecule has 0 aliphatic heterocycles. The molecular formula is C20H24IN5O2. The Morgan fingerprint density at radius 3 is 2.54 bits per heavy atom. The van der Waals surface area contributed by atoms with E-state index in [9.17, 15) is 0 Å². The van der Waals surface area contributed by atoms with Gasteiger partial charge in [0.2, 0.25) is 0 Å². The van der Waals surface area contributed by atoms with Crippen LogP contribution in [0.5, 0.6) is 11.5 Å². The fourth-order valence-electron chi connectivity index (χ4n) is 2.70. The topological polar surface area (TPSA) is 72.7 Å². The molecule has 0 unspecified atom stereocenters. The summed E-state index contributed by atoms with van der Waals surface area (Å²) >= 11 is 0. The van der Waals surface area contributed by atoms with Gasteiger partial charge in [-0.3, -0.25) is 4.99 Å². The average molecular weight is 493 g/mol. The number of ether oxygens (including phenoxy) is 2. The summed E-state index contributed by atoms with van der Waals surface area (Å²) in [4.78, 5) is 4.29. The average Bonchev–Trinajstić information content (AvgIpc) is 3.25. The van der Waals surface area contributed by atoms with Crippen molar-refractivity contribution in [1.82, 2.24) is 15.1 Å². The Kier molecular flexibility index (Phi) is 8.12. The molecule has 0 saturated heterocycles. The molecule has 7 nitrogen and oxygen atoms in total. The van der Waals surface area contributed by atoms with Crippen molar-refractivity contribution in [3.05, 3.63) is 66.5 Å². The summed E-state index contributed by atoms with van der Waals surface area (Å²) in [5.74, 6) is 1.98.